The zero-order chi connectivity index (χ0) is 11.8. The topological polar surface area (TPSA) is 54.1 Å². The van der Waals surface area contributed by atoms with Crippen molar-refractivity contribution < 1.29 is 4.74 Å². The van der Waals surface area contributed by atoms with Gasteiger partial charge < -0.3 is 15.0 Å². The maximum absolute atomic E-state index is 11.9. The van der Waals surface area contributed by atoms with Crippen molar-refractivity contribution in [3.63, 3.8) is 0 Å². The van der Waals surface area contributed by atoms with Crippen LogP contribution >= 0.6 is 0 Å². The van der Waals surface area contributed by atoms with Crippen LogP contribution < -0.4 is 15.6 Å². The summed E-state index contributed by atoms with van der Waals surface area (Å²) >= 11 is 0. The van der Waals surface area contributed by atoms with Gasteiger partial charge in [-0.2, -0.15) is 0 Å². The van der Waals surface area contributed by atoms with E-state index in [9.17, 15) is 4.79 Å². The molecule has 1 aliphatic heterocycles. The van der Waals surface area contributed by atoms with E-state index in [0.29, 0.717) is 0 Å². The molecule has 2 aromatic rings. The molecule has 0 unspecified atom stereocenters. The van der Waals surface area contributed by atoms with Crippen molar-refractivity contribution in [3.8, 4) is 5.75 Å². The number of pyridine rings is 1. The lowest BCUT2D eigenvalue weighted by atomic mass is 10.0. The van der Waals surface area contributed by atoms with Crippen LogP contribution in [0.4, 0.5) is 5.69 Å². The Morgan fingerprint density at radius 2 is 2.24 bits per heavy atom. The standard InChI is InChI=1S/C13H14N2O2/c1-17-8-4-5-9-11(7-8)15-13(16)10-3-2-6-14-12(9)10/h4-5,7,14H,2-3,6H2,1H3,(H,15,16). The summed E-state index contributed by atoms with van der Waals surface area (Å²) in [6, 6.07) is 5.76. The molecule has 17 heavy (non-hydrogen) atoms. The summed E-state index contributed by atoms with van der Waals surface area (Å²) in [5.74, 6) is 0.754. The molecule has 0 aliphatic carbocycles. The van der Waals surface area contributed by atoms with Crippen LogP contribution in [-0.4, -0.2) is 18.6 Å². The molecule has 0 amide bonds. The van der Waals surface area contributed by atoms with Crippen LogP contribution in [0.3, 0.4) is 0 Å². The zero-order valence-corrected chi connectivity index (χ0v) is 9.67. The molecule has 4 nitrogen and oxygen atoms in total. The lowest BCUT2D eigenvalue weighted by Gasteiger charge is -2.19. The average Bonchev–Trinajstić information content (AvgIpc) is 2.38. The van der Waals surface area contributed by atoms with Crippen LogP contribution in [0.2, 0.25) is 0 Å². The van der Waals surface area contributed by atoms with Crippen molar-refractivity contribution in [3.05, 3.63) is 34.1 Å². The molecule has 88 valence electrons. The maximum atomic E-state index is 11.9. The number of nitrogens with one attached hydrogen (secondary N) is 2. The summed E-state index contributed by atoms with van der Waals surface area (Å²) in [5.41, 5.74) is 2.68. The minimum absolute atomic E-state index is 0.00736. The highest BCUT2D eigenvalue weighted by atomic mass is 16.5. The van der Waals surface area contributed by atoms with E-state index in [0.717, 1.165) is 47.3 Å². The molecule has 3 rings (SSSR count). The Balaban J connectivity index is 2.34. The van der Waals surface area contributed by atoms with Crippen molar-refractivity contribution >= 4 is 16.6 Å². The van der Waals surface area contributed by atoms with E-state index in [1.54, 1.807) is 7.11 Å². The van der Waals surface area contributed by atoms with E-state index in [4.69, 9.17) is 4.74 Å². The van der Waals surface area contributed by atoms with Gasteiger partial charge in [0.05, 0.1) is 18.3 Å². The van der Waals surface area contributed by atoms with Crippen LogP contribution in [0.15, 0.2) is 23.0 Å². The molecule has 1 aliphatic rings. The Morgan fingerprint density at radius 3 is 3.06 bits per heavy atom. The van der Waals surface area contributed by atoms with E-state index in [-0.39, 0.29) is 5.56 Å². The van der Waals surface area contributed by atoms with Crippen LogP contribution in [0.5, 0.6) is 5.75 Å². The molecular weight excluding hydrogens is 216 g/mol. The predicted octanol–water partition coefficient (Wildman–Crippen LogP) is 1.89. The Bertz CT molecular complexity index is 631. The number of methoxy groups -OCH3 is 1. The number of H-pyrrole nitrogens is 1. The molecule has 0 atom stereocenters. The quantitative estimate of drug-likeness (QED) is 0.786. The monoisotopic (exact) mass is 230 g/mol. The fourth-order valence-corrected chi connectivity index (χ4v) is 2.36. The third-order valence-corrected chi connectivity index (χ3v) is 3.23. The van der Waals surface area contributed by atoms with Crippen molar-refractivity contribution in [2.75, 3.05) is 19.0 Å². The Hall–Kier alpha value is -1.97. The Kier molecular flexibility index (Phi) is 2.28. The largest absolute Gasteiger partial charge is 0.497 e. The van der Waals surface area contributed by atoms with Gasteiger partial charge in [0.25, 0.3) is 5.56 Å². The van der Waals surface area contributed by atoms with Crippen molar-refractivity contribution in [2.45, 2.75) is 12.8 Å². The summed E-state index contributed by atoms with van der Waals surface area (Å²) in [6.07, 6.45) is 1.86. The lowest BCUT2D eigenvalue weighted by Crippen LogP contribution is -2.22. The Morgan fingerprint density at radius 1 is 1.35 bits per heavy atom. The highest BCUT2D eigenvalue weighted by Crippen LogP contribution is 2.29. The maximum Gasteiger partial charge on any atom is 0.253 e. The third-order valence-electron chi connectivity index (χ3n) is 3.23. The lowest BCUT2D eigenvalue weighted by molar-refractivity contribution is 0.415. The summed E-state index contributed by atoms with van der Waals surface area (Å²) in [4.78, 5) is 14.9. The first-order valence-electron chi connectivity index (χ1n) is 5.76. The molecule has 2 heterocycles. The summed E-state index contributed by atoms with van der Waals surface area (Å²) in [6.45, 7) is 0.928. The highest BCUT2D eigenvalue weighted by molar-refractivity contribution is 5.93. The van der Waals surface area contributed by atoms with E-state index >= 15 is 0 Å². The van der Waals surface area contributed by atoms with Crippen LogP contribution in [0.1, 0.15) is 12.0 Å². The SMILES string of the molecule is COc1ccc2c3c(c(=O)[nH]c2c1)CCCN3. The Labute approximate surface area is 98.6 Å². The summed E-state index contributed by atoms with van der Waals surface area (Å²) in [5, 5.41) is 4.38. The summed E-state index contributed by atoms with van der Waals surface area (Å²) < 4.78 is 5.16. The van der Waals surface area contributed by atoms with E-state index in [1.807, 2.05) is 18.2 Å². The smallest absolute Gasteiger partial charge is 0.253 e. The number of anilines is 1. The first-order chi connectivity index (χ1) is 8.29. The molecule has 0 bridgehead atoms. The number of hydrogen-bond acceptors (Lipinski definition) is 3. The first-order valence-corrected chi connectivity index (χ1v) is 5.76. The van der Waals surface area contributed by atoms with Gasteiger partial charge in [-0.3, -0.25) is 4.79 Å². The van der Waals surface area contributed by atoms with Crippen LogP contribution in [-0.2, 0) is 6.42 Å². The average molecular weight is 230 g/mol. The normalized spacial score (nSPS) is 14.2. The fraction of sp³-hybridized carbons (Fsp3) is 0.308. The third kappa shape index (κ3) is 1.56. The predicted molar refractivity (Wildman–Crippen MR) is 67.9 cm³/mol. The minimum Gasteiger partial charge on any atom is -0.497 e. The second-order valence-corrected chi connectivity index (χ2v) is 4.25. The number of hydrogen-bond donors (Lipinski definition) is 2. The molecular formula is C13H14N2O2. The molecule has 4 heteroatoms. The van der Waals surface area contributed by atoms with Gasteiger partial charge in [-0.05, 0) is 25.0 Å². The van der Waals surface area contributed by atoms with E-state index in [2.05, 4.69) is 10.3 Å². The van der Waals surface area contributed by atoms with E-state index in [1.165, 1.54) is 0 Å². The van der Waals surface area contributed by atoms with Crippen LogP contribution in [0.25, 0.3) is 10.9 Å². The van der Waals surface area contributed by atoms with Gasteiger partial charge in [-0.15, -0.1) is 0 Å². The zero-order valence-electron chi connectivity index (χ0n) is 9.67. The van der Waals surface area contributed by atoms with Crippen molar-refractivity contribution in [2.24, 2.45) is 0 Å². The van der Waals surface area contributed by atoms with Gasteiger partial charge in [0.2, 0.25) is 0 Å². The molecule has 0 spiro atoms. The minimum atomic E-state index is 0.00736. The molecule has 1 aromatic heterocycles. The fourth-order valence-electron chi connectivity index (χ4n) is 2.36. The van der Waals surface area contributed by atoms with Gasteiger partial charge in [0, 0.05) is 23.6 Å². The molecule has 1 aromatic carbocycles. The van der Waals surface area contributed by atoms with Crippen molar-refractivity contribution in [1.29, 1.82) is 0 Å². The number of aromatic nitrogens is 1. The first kappa shape index (κ1) is 10.2. The second-order valence-electron chi connectivity index (χ2n) is 4.25. The molecule has 0 radical (unpaired) electrons. The van der Waals surface area contributed by atoms with Crippen LogP contribution in [0, 0.1) is 0 Å². The van der Waals surface area contributed by atoms with Crippen molar-refractivity contribution in [1.82, 2.24) is 4.98 Å². The van der Waals surface area contributed by atoms with Gasteiger partial charge in [0.1, 0.15) is 5.75 Å². The van der Waals surface area contributed by atoms with Gasteiger partial charge >= 0.3 is 0 Å². The molecule has 0 saturated carbocycles. The summed E-state index contributed by atoms with van der Waals surface area (Å²) in [7, 11) is 1.62. The number of benzene rings is 1. The number of rotatable bonds is 1. The number of fused-ring (bicyclic) bond motifs is 3. The molecule has 0 fully saturated rings. The van der Waals surface area contributed by atoms with Gasteiger partial charge in [0.15, 0.2) is 0 Å². The van der Waals surface area contributed by atoms with Gasteiger partial charge in [-0.25, -0.2) is 0 Å². The number of aromatic amines is 1. The molecule has 2 N–H and O–H groups in total. The van der Waals surface area contributed by atoms with E-state index < -0.39 is 0 Å². The highest BCUT2D eigenvalue weighted by Gasteiger charge is 2.15. The molecule has 0 saturated heterocycles. The van der Waals surface area contributed by atoms with Gasteiger partial charge in [-0.1, -0.05) is 0 Å². The second kappa shape index (κ2) is 3.80. The number of ether oxygens (including phenoxy) is 1.